The van der Waals surface area contributed by atoms with Gasteiger partial charge in [-0.3, -0.25) is 0 Å². The van der Waals surface area contributed by atoms with Crippen molar-refractivity contribution in [3.05, 3.63) is 23.9 Å². The Bertz CT molecular complexity index is 471. The summed E-state index contributed by atoms with van der Waals surface area (Å²) in [5.74, 6) is 0.538. The summed E-state index contributed by atoms with van der Waals surface area (Å²) in [6, 6.07) is 3.78. The van der Waals surface area contributed by atoms with E-state index in [4.69, 9.17) is 14.6 Å². The molecule has 0 unspecified atom stereocenters. The number of amides is 1. The molecule has 0 saturated heterocycles. The third-order valence-corrected chi connectivity index (χ3v) is 2.82. The molecule has 0 aliphatic heterocycles. The summed E-state index contributed by atoms with van der Waals surface area (Å²) in [5, 5.41) is 8.81. The van der Waals surface area contributed by atoms with Gasteiger partial charge < -0.3 is 19.5 Å². The molecule has 124 valence electrons. The first-order chi connectivity index (χ1) is 10.3. The molecule has 0 radical (unpaired) electrons. The van der Waals surface area contributed by atoms with Gasteiger partial charge in [-0.15, -0.1) is 0 Å². The lowest BCUT2D eigenvalue weighted by Gasteiger charge is -2.24. The third-order valence-electron chi connectivity index (χ3n) is 2.82. The van der Waals surface area contributed by atoms with E-state index in [1.165, 1.54) is 0 Å². The van der Waals surface area contributed by atoms with Crippen LogP contribution in [0.3, 0.4) is 0 Å². The highest BCUT2D eigenvalue weighted by atomic mass is 16.6. The van der Waals surface area contributed by atoms with Crippen LogP contribution in [0.4, 0.5) is 4.79 Å². The first-order valence-electron chi connectivity index (χ1n) is 7.45. The van der Waals surface area contributed by atoms with Crippen LogP contribution in [-0.4, -0.2) is 53.5 Å². The molecule has 0 aliphatic rings. The molecule has 1 N–H and O–H groups in total. The predicted molar refractivity (Wildman–Crippen MR) is 84.0 cm³/mol. The zero-order valence-electron chi connectivity index (χ0n) is 13.8. The molecule has 22 heavy (non-hydrogen) atoms. The number of carbonyl (C=O) groups is 1. The van der Waals surface area contributed by atoms with E-state index in [0.717, 1.165) is 18.4 Å². The van der Waals surface area contributed by atoms with Gasteiger partial charge >= 0.3 is 6.09 Å². The molecule has 0 saturated carbocycles. The quantitative estimate of drug-likeness (QED) is 0.836. The lowest BCUT2D eigenvalue weighted by atomic mass is 10.1. The first kappa shape index (κ1) is 18.2. The van der Waals surface area contributed by atoms with E-state index in [1.54, 1.807) is 18.1 Å². The maximum absolute atomic E-state index is 11.8. The Balaban J connectivity index is 2.45. The topological polar surface area (TPSA) is 71.9 Å². The second-order valence-corrected chi connectivity index (χ2v) is 6.05. The van der Waals surface area contributed by atoms with E-state index >= 15 is 0 Å². The van der Waals surface area contributed by atoms with Crippen molar-refractivity contribution in [2.75, 3.05) is 26.8 Å². The molecular formula is C16H26N2O4. The van der Waals surface area contributed by atoms with Crippen molar-refractivity contribution in [1.82, 2.24) is 9.88 Å². The number of carbonyl (C=O) groups excluding carboxylic acids is 1. The predicted octanol–water partition coefficient (Wildman–Crippen LogP) is 2.25. The number of hydrogen-bond donors (Lipinski definition) is 1. The maximum Gasteiger partial charge on any atom is 0.410 e. The molecule has 1 heterocycles. The summed E-state index contributed by atoms with van der Waals surface area (Å²) < 4.78 is 10.7. The maximum atomic E-state index is 11.8. The number of nitrogens with zero attached hydrogens (tertiary/aromatic N) is 2. The van der Waals surface area contributed by atoms with Crippen LogP contribution in [0.15, 0.2) is 18.3 Å². The van der Waals surface area contributed by atoms with Gasteiger partial charge in [-0.1, -0.05) is 6.07 Å². The molecule has 0 spiro atoms. The monoisotopic (exact) mass is 310 g/mol. The largest absolute Gasteiger partial charge is 0.475 e. The third kappa shape index (κ3) is 6.76. The van der Waals surface area contributed by atoms with E-state index in [9.17, 15) is 4.79 Å². The van der Waals surface area contributed by atoms with Gasteiger partial charge in [-0.25, -0.2) is 9.78 Å². The van der Waals surface area contributed by atoms with Crippen LogP contribution in [0.25, 0.3) is 0 Å². The van der Waals surface area contributed by atoms with Crippen molar-refractivity contribution in [1.29, 1.82) is 0 Å². The van der Waals surface area contributed by atoms with Crippen molar-refractivity contribution in [2.24, 2.45) is 0 Å². The highest BCUT2D eigenvalue weighted by Crippen LogP contribution is 2.16. The number of hydrogen-bond acceptors (Lipinski definition) is 5. The molecule has 1 aromatic rings. The van der Waals surface area contributed by atoms with Crippen LogP contribution in [0, 0.1) is 0 Å². The Labute approximate surface area is 132 Å². The summed E-state index contributed by atoms with van der Waals surface area (Å²) in [6.45, 7) is 6.31. The van der Waals surface area contributed by atoms with Crippen LogP contribution < -0.4 is 4.74 Å². The fraction of sp³-hybridized carbons (Fsp3) is 0.625. The lowest BCUT2D eigenvalue weighted by molar-refractivity contribution is 0.0297. The summed E-state index contributed by atoms with van der Waals surface area (Å²) in [7, 11) is 1.72. The summed E-state index contributed by atoms with van der Waals surface area (Å²) in [5.41, 5.74) is 0.480. The smallest absolute Gasteiger partial charge is 0.410 e. The zero-order chi connectivity index (χ0) is 16.6. The fourth-order valence-corrected chi connectivity index (χ4v) is 1.82. The van der Waals surface area contributed by atoms with E-state index in [-0.39, 0.29) is 19.3 Å². The Morgan fingerprint density at radius 1 is 1.41 bits per heavy atom. The number of aliphatic hydroxyl groups excluding tert-OH is 1. The van der Waals surface area contributed by atoms with Crippen LogP contribution in [0.5, 0.6) is 5.88 Å². The molecular weight excluding hydrogens is 284 g/mol. The molecule has 0 atom stereocenters. The van der Waals surface area contributed by atoms with E-state index < -0.39 is 5.60 Å². The molecule has 1 rings (SSSR count). The zero-order valence-corrected chi connectivity index (χ0v) is 13.8. The van der Waals surface area contributed by atoms with E-state index in [2.05, 4.69) is 4.98 Å². The molecule has 1 amide bonds. The number of aliphatic hydroxyl groups is 1. The molecule has 0 bridgehead atoms. The Hall–Kier alpha value is -1.82. The number of aryl methyl sites for hydroxylation is 1. The average molecular weight is 310 g/mol. The number of aromatic nitrogens is 1. The second kappa shape index (κ2) is 8.58. The van der Waals surface area contributed by atoms with Gasteiger partial charge in [0, 0.05) is 25.4 Å². The van der Waals surface area contributed by atoms with Gasteiger partial charge in [0.05, 0.1) is 6.61 Å². The molecule has 6 nitrogen and oxygen atoms in total. The number of pyridine rings is 1. The minimum absolute atomic E-state index is 0.0443. The molecule has 0 aromatic carbocycles. The van der Waals surface area contributed by atoms with Gasteiger partial charge in [0.15, 0.2) is 0 Å². The number of ether oxygens (including phenoxy) is 2. The molecule has 0 fully saturated rings. The molecule has 1 aromatic heterocycles. The van der Waals surface area contributed by atoms with Gasteiger partial charge in [0.25, 0.3) is 0 Å². The van der Waals surface area contributed by atoms with Crippen molar-refractivity contribution >= 4 is 6.09 Å². The van der Waals surface area contributed by atoms with E-state index in [0.29, 0.717) is 12.4 Å². The van der Waals surface area contributed by atoms with Crippen LogP contribution >= 0.6 is 0 Å². The SMILES string of the molecule is CN(CCCc1cccnc1OCCO)C(=O)OC(C)(C)C. The van der Waals surface area contributed by atoms with Crippen LogP contribution in [0.2, 0.25) is 0 Å². The highest BCUT2D eigenvalue weighted by Gasteiger charge is 2.19. The van der Waals surface area contributed by atoms with Gasteiger partial charge in [-0.05, 0) is 39.7 Å². The van der Waals surface area contributed by atoms with Crippen molar-refractivity contribution in [2.45, 2.75) is 39.2 Å². The Kier molecular flexibility index (Phi) is 7.11. The standard InChI is InChI=1S/C16H26N2O4/c1-16(2,3)22-15(20)18(4)10-6-8-13-7-5-9-17-14(13)21-12-11-19/h5,7,9,19H,6,8,10-12H2,1-4H3. The summed E-state index contributed by atoms with van der Waals surface area (Å²) in [4.78, 5) is 17.6. The minimum Gasteiger partial charge on any atom is -0.475 e. The fourth-order valence-electron chi connectivity index (χ4n) is 1.82. The minimum atomic E-state index is -0.486. The highest BCUT2D eigenvalue weighted by molar-refractivity contribution is 5.67. The van der Waals surface area contributed by atoms with Gasteiger partial charge in [0.1, 0.15) is 12.2 Å². The summed E-state index contributed by atoms with van der Waals surface area (Å²) in [6.07, 6.45) is 2.84. The Morgan fingerprint density at radius 3 is 2.77 bits per heavy atom. The first-order valence-corrected chi connectivity index (χ1v) is 7.45. The van der Waals surface area contributed by atoms with Crippen LogP contribution in [-0.2, 0) is 11.2 Å². The van der Waals surface area contributed by atoms with Crippen LogP contribution in [0.1, 0.15) is 32.8 Å². The van der Waals surface area contributed by atoms with Crippen molar-refractivity contribution < 1.29 is 19.4 Å². The second-order valence-electron chi connectivity index (χ2n) is 6.05. The molecule has 6 heteroatoms. The normalized spacial score (nSPS) is 11.1. The van der Waals surface area contributed by atoms with Crippen molar-refractivity contribution in [3.63, 3.8) is 0 Å². The van der Waals surface area contributed by atoms with Crippen molar-refractivity contribution in [3.8, 4) is 5.88 Å². The average Bonchev–Trinajstić information content (AvgIpc) is 2.44. The van der Waals surface area contributed by atoms with E-state index in [1.807, 2.05) is 32.9 Å². The number of rotatable bonds is 7. The van der Waals surface area contributed by atoms with Gasteiger partial charge in [-0.2, -0.15) is 0 Å². The summed E-state index contributed by atoms with van der Waals surface area (Å²) >= 11 is 0. The Morgan fingerprint density at radius 2 is 2.14 bits per heavy atom. The molecule has 0 aliphatic carbocycles. The van der Waals surface area contributed by atoms with Gasteiger partial charge in [0.2, 0.25) is 5.88 Å². The lowest BCUT2D eigenvalue weighted by Crippen LogP contribution is -2.34.